The fourth-order valence-corrected chi connectivity index (χ4v) is 2.74. The minimum Gasteiger partial charge on any atom is -0.480 e. The van der Waals surface area contributed by atoms with Crippen molar-refractivity contribution in [2.24, 2.45) is 0 Å². The number of nitrogens with zero attached hydrogens (tertiary/aromatic N) is 1. The first kappa shape index (κ1) is 10.4. The molecule has 0 spiro atoms. The van der Waals surface area contributed by atoms with Crippen molar-refractivity contribution in [1.29, 1.82) is 0 Å². The number of carboxylic acid groups (broad SMARTS) is 1. The van der Waals surface area contributed by atoms with Crippen LogP contribution in [0.1, 0.15) is 6.92 Å². The maximum Gasteiger partial charge on any atom is 0.326 e. The lowest BCUT2D eigenvalue weighted by Crippen LogP contribution is -2.42. The van der Waals surface area contributed by atoms with Crippen molar-refractivity contribution in [3.05, 3.63) is 24.3 Å². The van der Waals surface area contributed by atoms with Gasteiger partial charge in [0.05, 0.1) is 5.69 Å². The second kappa shape index (κ2) is 4.14. The van der Waals surface area contributed by atoms with Crippen LogP contribution < -0.4 is 4.90 Å². The molecule has 0 fully saturated rings. The maximum absolute atomic E-state index is 11.0. The molecule has 1 unspecified atom stereocenters. The van der Waals surface area contributed by atoms with Crippen LogP contribution in [-0.2, 0) is 4.79 Å². The topological polar surface area (TPSA) is 40.5 Å². The third-order valence-electron chi connectivity index (χ3n) is 2.59. The largest absolute Gasteiger partial charge is 0.480 e. The first-order valence-electron chi connectivity index (χ1n) is 4.91. The molecule has 4 heteroatoms. The van der Waals surface area contributed by atoms with Gasteiger partial charge in [0.25, 0.3) is 0 Å². The Balaban J connectivity index is 2.33. The lowest BCUT2D eigenvalue weighted by molar-refractivity contribution is -0.138. The summed E-state index contributed by atoms with van der Waals surface area (Å²) >= 11 is 1.79. The summed E-state index contributed by atoms with van der Waals surface area (Å²) in [7, 11) is 0. The number of fused-ring (bicyclic) bond motifs is 1. The van der Waals surface area contributed by atoms with E-state index in [2.05, 4.69) is 0 Å². The minimum absolute atomic E-state index is 0.452. The molecule has 15 heavy (non-hydrogen) atoms. The second-order valence-electron chi connectivity index (χ2n) is 3.52. The maximum atomic E-state index is 11.0. The Morgan fingerprint density at radius 1 is 1.53 bits per heavy atom. The third kappa shape index (κ3) is 1.95. The van der Waals surface area contributed by atoms with Crippen molar-refractivity contribution in [3.63, 3.8) is 0 Å². The van der Waals surface area contributed by atoms with Crippen molar-refractivity contribution in [3.8, 4) is 0 Å². The second-order valence-corrected chi connectivity index (χ2v) is 4.66. The predicted octanol–water partition coefficient (Wildman–Crippen LogP) is 2.07. The van der Waals surface area contributed by atoms with Gasteiger partial charge in [0.1, 0.15) is 6.04 Å². The zero-order valence-electron chi connectivity index (χ0n) is 8.51. The van der Waals surface area contributed by atoms with Gasteiger partial charge in [0.2, 0.25) is 0 Å². The highest BCUT2D eigenvalue weighted by Gasteiger charge is 2.25. The van der Waals surface area contributed by atoms with Crippen molar-refractivity contribution in [2.75, 3.05) is 17.2 Å². The quantitative estimate of drug-likeness (QED) is 0.833. The molecule has 80 valence electrons. The number of aliphatic carboxylic acids is 1. The van der Waals surface area contributed by atoms with Gasteiger partial charge >= 0.3 is 5.97 Å². The SMILES string of the molecule is CC(C(=O)O)N1CCSc2ccccc21. The molecule has 2 rings (SSSR count). The van der Waals surface area contributed by atoms with E-state index in [9.17, 15) is 4.79 Å². The summed E-state index contributed by atoms with van der Waals surface area (Å²) in [6.45, 7) is 2.53. The molecule has 0 saturated heterocycles. The molecule has 0 aromatic heterocycles. The van der Waals surface area contributed by atoms with Crippen LogP contribution in [0.4, 0.5) is 5.69 Å². The zero-order chi connectivity index (χ0) is 10.8. The monoisotopic (exact) mass is 223 g/mol. The van der Waals surface area contributed by atoms with Gasteiger partial charge in [-0.05, 0) is 19.1 Å². The standard InChI is InChI=1S/C11H13NO2S/c1-8(11(13)14)12-6-7-15-10-5-3-2-4-9(10)12/h2-5,8H,6-7H2,1H3,(H,13,14). The van der Waals surface area contributed by atoms with Crippen LogP contribution in [0.15, 0.2) is 29.2 Å². The van der Waals surface area contributed by atoms with E-state index in [0.717, 1.165) is 18.0 Å². The highest BCUT2D eigenvalue weighted by Crippen LogP contribution is 2.35. The van der Waals surface area contributed by atoms with E-state index >= 15 is 0 Å². The van der Waals surface area contributed by atoms with E-state index in [1.165, 1.54) is 4.90 Å². The van der Waals surface area contributed by atoms with E-state index in [4.69, 9.17) is 5.11 Å². The summed E-state index contributed by atoms with van der Waals surface area (Å²) in [5.74, 6) is 0.186. The molecule has 1 atom stereocenters. The molecule has 1 aromatic rings. The van der Waals surface area contributed by atoms with Crippen LogP contribution in [0.5, 0.6) is 0 Å². The Morgan fingerprint density at radius 2 is 2.27 bits per heavy atom. The van der Waals surface area contributed by atoms with E-state index in [0.29, 0.717) is 0 Å². The fourth-order valence-electron chi connectivity index (χ4n) is 1.73. The lowest BCUT2D eigenvalue weighted by Gasteiger charge is -2.33. The molecule has 0 saturated carbocycles. The Bertz CT molecular complexity index is 381. The number of hydrogen-bond acceptors (Lipinski definition) is 3. The Hall–Kier alpha value is -1.16. The van der Waals surface area contributed by atoms with E-state index in [1.54, 1.807) is 18.7 Å². The number of para-hydroxylation sites is 1. The Labute approximate surface area is 93.1 Å². The van der Waals surface area contributed by atoms with Crippen molar-refractivity contribution >= 4 is 23.4 Å². The molecule has 1 aliphatic rings. The van der Waals surface area contributed by atoms with Gasteiger partial charge in [-0.25, -0.2) is 4.79 Å². The average molecular weight is 223 g/mol. The minimum atomic E-state index is -0.767. The summed E-state index contributed by atoms with van der Waals surface area (Å²) in [5, 5.41) is 9.01. The Kier molecular flexibility index (Phi) is 2.86. The summed E-state index contributed by atoms with van der Waals surface area (Å²) < 4.78 is 0. The van der Waals surface area contributed by atoms with E-state index < -0.39 is 12.0 Å². The molecular formula is C11H13NO2S. The number of carboxylic acids is 1. The third-order valence-corrected chi connectivity index (χ3v) is 3.63. The number of anilines is 1. The number of carbonyl (C=O) groups is 1. The first-order chi connectivity index (χ1) is 7.20. The molecular weight excluding hydrogens is 210 g/mol. The summed E-state index contributed by atoms with van der Waals surface area (Å²) in [5.41, 5.74) is 1.05. The van der Waals surface area contributed by atoms with Gasteiger partial charge in [-0.3, -0.25) is 0 Å². The number of rotatable bonds is 2. The first-order valence-corrected chi connectivity index (χ1v) is 5.90. The van der Waals surface area contributed by atoms with Gasteiger partial charge in [-0.1, -0.05) is 12.1 Å². The predicted molar refractivity (Wildman–Crippen MR) is 61.6 cm³/mol. The van der Waals surface area contributed by atoms with Crippen LogP contribution in [0.3, 0.4) is 0 Å². The van der Waals surface area contributed by atoms with E-state index in [-0.39, 0.29) is 0 Å². The molecule has 1 N–H and O–H groups in total. The van der Waals surface area contributed by atoms with Gasteiger partial charge < -0.3 is 10.0 Å². The van der Waals surface area contributed by atoms with Crippen molar-refractivity contribution in [2.45, 2.75) is 17.9 Å². The zero-order valence-corrected chi connectivity index (χ0v) is 9.33. The smallest absolute Gasteiger partial charge is 0.326 e. The molecule has 0 radical (unpaired) electrons. The van der Waals surface area contributed by atoms with Crippen molar-refractivity contribution in [1.82, 2.24) is 0 Å². The molecule has 0 aliphatic carbocycles. The molecule has 1 aliphatic heterocycles. The molecule has 3 nitrogen and oxygen atoms in total. The molecule has 1 heterocycles. The Morgan fingerprint density at radius 3 is 3.00 bits per heavy atom. The van der Waals surface area contributed by atoms with Crippen LogP contribution >= 0.6 is 11.8 Å². The van der Waals surface area contributed by atoms with Crippen molar-refractivity contribution < 1.29 is 9.90 Å². The number of hydrogen-bond donors (Lipinski definition) is 1. The average Bonchev–Trinajstić information content (AvgIpc) is 2.27. The summed E-state index contributed by atoms with van der Waals surface area (Å²) in [4.78, 5) is 14.1. The summed E-state index contributed by atoms with van der Waals surface area (Å²) in [6, 6.07) is 7.52. The van der Waals surface area contributed by atoms with Crippen LogP contribution in [0.2, 0.25) is 0 Å². The number of thioether (sulfide) groups is 1. The normalized spacial score (nSPS) is 17.0. The van der Waals surface area contributed by atoms with Crippen LogP contribution in [-0.4, -0.2) is 29.4 Å². The highest BCUT2D eigenvalue weighted by atomic mass is 32.2. The van der Waals surface area contributed by atoms with Gasteiger partial charge in [-0.2, -0.15) is 0 Å². The van der Waals surface area contributed by atoms with Gasteiger partial charge in [0.15, 0.2) is 0 Å². The molecule has 0 bridgehead atoms. The van der Waals surface area contributed by atoms with Crippen LogP contribution in [0, 0.1) is 0 Å². The highest BCUT2D eigenvalue weighted by molar-refractivity contribution is 7.99. The lowest BCUT2D eigenvalue weighted by atomic mass is 10.2. The molecule has 0 amide bonds. The van der Waals surface area contributed by atoms with Gasteiger partial charge in [-0.15, -0.1) is 11.8 Å². The molecule has 1 aromatic carbocycles. The summed E-state index contributed by atoms with van der Waals surface area (Å²) in [6.07, 6.45) is 0. The number of benzene rings is 1. The fraction of sp³-hybridized carbons (Fsp3) is 0.364. The van der Waals surface area contributed by atoms with Crippen LogP contribution in [0.25, 0.3) is 0 Å². The van der Waals surface area contributed by atoms with E-state index in [1.807, 2.05) is 29.2 Å². The van der Waals surface area contributed by atoms with Gasteiger partial charge in [0, 0.05) is 17.2 Å².